The predicted octanol–water partition coefficient (Wildman–Crippen LogP) is 1.93. The summed E-state index contributed by atoms with van der Waals surface area (Å²) >= 11 is 0. The number of alkyl carbamates (subject to hydrolysis) is 1. The molecule has 1 saturated heterocycles. The monoisotopic (exact) mass is 262 g/mol. The molecule has 1 heterocycles. The van der Waals surface area contributed by atoms with Crippen molar-refractivity contribution in [3.05, 3.63) is 30.3 Å². The Labute approximate surface area is 112 Å². The van der Waals surface area contributed by atoms with Gasteiger partial charge in [-0.15, -0.1) is 0 Å². The van der Waals surface area contributed by atoms with Crippen molar-refractivity contribution in [1.29, 1.82) is 0 Å². The molecule has 19 heavy (non-hydrogen) atoms. The van der Waals surface area contributed by atoms with Crippen LogP contribution in [-0.2, 0) is 9.53 Å². The molecule has 2 amide bonds. The first kappa shape index (κ1) is 13.4. The second kappa shape index (κ2) is 4.91. The van der Waals surface area contributed by atoms with E-state index in [2.05, 4.69) is 5.32 Å². The standard InChI is InChI=1S/C14H18N2O3/c1-14(2,3)19-13(18)15-11-9-16(12(11)17)10-7-5-4-6-8-10/h4-8,11H,9H2,1-3H3,(H,15,18). The summed E-state index contributed by atoms with van der Waals surface area (Å²) in [5.74, 6) is -0.114. The van der Waals surface area contributed by atoms with Crippen LogP contribution in [0.2, 0.25) is 0 Å². The maximum atomic E-state index is 11.9. The van der Waals surface area contributed by atoms with Crippen LogP contribution in [0.25, 0.3) is 0 Å². The smallest absolute Gasteiger partial charge is 0.408 e. The largest absolute Gasteiger partial charge is 0.444 e. The Morgan fingerprint density at radius 3 is 2.47 bits per heavy atom. The first-order valence-corrected chi connectivity index (χ1v) is 6.23. The Kier molecular flexibility index (Phi) is 3.46. The fourth-order valence-electron chi connectivity index (χ4n) is 1.82. The fraction of sp³-hybridized carbons (Fsp3) is 0.429. The number of carbonyl (C=O) groups is 2. The van der Waals surface area contributed by atoms with E-state index in [1.807, 2.05) is 30.3 Å². The molecule has 102 valence electrons. The molecule has 5 heteroatoms. The molecule has 2 rings (SSSR count). The number of β-lactam (4-membered cyclic amide) rings is 1. The zero-order valence-electron chi connectivity index (χ0n) is 11.3. The number of hydrogen-bond donors (Lipinski definition) is 1. The molecule has 1 aliphatic heterocycles. The minimum atomic E-state index is -0.560. The molecule has 1 unspecified atom stereocenters. The third-order valence-electron chi connectivity index (χ3n) is 2.69. The van der Waals surface area contributed by atoms with Gasteiger partial charge in [0.2, 0.25) is 0 Å². The Morgan fingerprint density at radius 1 is 1.32 bits per heavy atom. The van der Waals surface area contributed by atoms with Gasteiger partial charge in [-0.25, -0.2) is 4.79 Å². The van der Waals surface area contributed by atoms with E-state index >= 15 is 0 Å². The summed E-state index contributed by atoms with van der Waals surface area (Å²) in [4.78, 5) is 25.1. The molecule has 5 nitrogen and oxygen atoms in total. The van der Waals surface area contributed by atoms with E-state index in [1.54, 1.807) is 25.7 Å². The summed E-state index contributed by atoms with van der Waals surface area (Å²) < 4.78 is 5.11. The van der Waals surface area contributed by atoms with Gasteiger partial charge < -0.3 is 15.0 Å². The molecule has 0 aromatic heterocycles. The van der Waals surface area contributed by atoms with Gasteiger partial charge in [0.05, 0.1) is 6.54 Å². The third kappa shape index (κ3) is 3.24. The number of amides is 2. The molecular formula is C14H18N2O3. The molecule has 0 radical (unpaired) electrons. The van der Waals surface area contributed by atoms with E-state index in [0.717, 1.165) is 5.69 Å². The van der Waals surface area contributed by atoms with Gasteiger partial charge in [-0.3, -0.25) is 4.79 Å². The van der Waals surface area contributed by atoms with Crippen molar-refractivity contribution in [2.24, 2.45) is 0 Å². The van der Waals surface area contributed by atoms with E-state index < -0.39 is 17.7 Å². The van der Waals surface area contributed by atoms with E-state index in [1.165, 1.54) is 0 Å². The molecule has 0 saturated carbocycles. The lowest BCUT2D eigenvalue weighted by atomic mass is 10.1. The van der Waals surface area contributed by atoms with Crippen molar-refractivity contribution in [1.82, 2.24) is 5.32 Å². The van der Waals surface area contributed by atoms with Crippen molar-refractivity contribution >= 4 is 17.7 Å². The zero-order valence-corrected chi connectivity index (χ0v) is 11.3. The SMILES string of the molecule is CC(C)(C)OC(=O)NC1CN(c2ccccc2)C1=O. The van der Waals surface area contributed by atoms with Crippen LogP contribution in [-0.4, -0.2) is 30.2 Å². The summed E-state index contributed by atoms with van der Waals surface area (Å²) in [5, 5.41) is 2.57. The summed E-state index contributed by atoms with van der Waals surface area (Å²) in [6.45, 7) is 5.82. The highest BCUT2D eigenvalue weighted by Gasteiger charge is 2.39. The van der Waals surface area contributed by atoms with Crippen molar-refractivity contribution in [2.75, 3.05) is 11.4 Å². The number of nitrogens with one attached hydrogen (secondary N) is 1. The molecule has 0 aliphatic carbocycles. The lowest BCUT2D eigenvalue weighted by Crippen LogP contribution is -2.64. The quantitative estimate of drug-likeness (QED) is 0.828. The zero-order chi connectivity index (χ0) is 14.0. The maximum Gasteiger partial charge on any atom is 0.408 e. The first-order chi connectivity index (χ1) is 8.87. The van der Waals surface area contributed by atoms with Crippen LogP contribution in [0, 0.1) is 0 Å². The molecule has 1 aromatic rings. The number of carbonyl (C=O) groups excluding carboxylic acids is 2. The number of para-hydroxylation sites is 1. The molecule has 1 atom stereocenters. The Balaban J connectivity index is 1.87. The average molecular weight is 262 g/mol. The fourth-order valence-corrected chi connectivity index (χ4v) is 1.82. The molecule has 1 fully saturated rings. The van der Waals surface area contributed by atoms with Crippen LogP contribution in [0.4, 0.5) is 10.5 Å². The molecule has 0 spiro atoms. The van der Waals surface area contributed by atoms with Gasteiger partial charge in [0.1, 0.15) is 11.6 Å². The van der Waals surface area contributed by atoms with E-state index in [9.17, 15) is 9.59 Å². The minimum Gasteiger partial charge on any atom is -0.444 e. The normalized spacial score (nSPS) is 18.8. The van der Waals surface area contributed by atoms with Crippen LogP contribution in [0.1, 0.15) is 20.8 Å². The maximum absolute atomic E-state index is 11.9. The van der Waals surface area contributed by atoms with Crippen molar-refractivity contribution in [2.45, 2.75) is 32.4 Å². The highest BCUT2D eigenvalue weighted by Crippen LogP contribution is 2.21. The number of ether oxygens (including phenoxy) is 1. The number of anilines is 1. The molecule has 1 N–H and O–H groups in total. The van der Waals surface area contributed by atoms with Crippen LogP contribution in [0.3, 0.4) is 0 Å². The van der Waals surface area contributed by atoms with Crippen LogP contribution >= 0.6 is 0 Å². The van der Waals surface area contributed by atoms with E-state index in [4.69, 9.17) is 4.74 Å². The van der Waals surface area contributed by atoms with Gasteiger partial charge >= 0.3 is 6.09 Å². The average Bonchev–Trinajstić information content (AvgIpc) is 2.32. The topological polar surface area (TPSA) is 58.6 Å². The summed E-state index contributed by atoms with van der Waals surface area (Å²) in [6, 6.07) is 8.87. The van der Waals surface area contributed by atoms with Crippen molar-refractivity contribution in [3.8, 4) is 0 Å². The molecule has 0 bridgehead atoms. The lowest BCUT2D eigenvalue weighted by Gasteiger charge is -2.38. The molecule has 1 aromatic carbocycles. The Bertz CT molecular complexity index is 479. The second-order valence-corrected chi connectivity index (χ2v) is 5.48. The Morgan fingerprint density at radius 2 is 1.95 bits per heavy atom. The summed E-state index contributed by atoms with van der Waals surface area (Å²) in [6.07, 6.45) is -0.557. The highest BCUT2D eigenvalue weighted by molar-refractivity contribution is 6.05. The lowest BCUT2D eigenvalue weighted by molar-refractivity contribution is -0.124. The van der Waals surface area contributed by atoms with Gasteiger partial charge in [0.25, 0.3) is 5.91 Å². The Hall–Kier alpha value is -2.04. The number of hydrogen-bond acceptors (Lipinski definition) is 3. The van der Waals surface area contributed by atoms with Gasteiger partial charge in [-0.05, 0) is 32.9 Å². The highest BCUT2D eigenvalue weighted by atomic mass is 16.6. The van der Waals surface area contributed by atoms with Crippen LogP contribution < -0.4 is 10.2 Å². The number of nitrogens with zero attached hydrogens (tertiary/aromatic N) is 1. The number of rotatable bonds is 2. The van der Waals surface area contributed by atoms with Gasteiger partial charge in [-0.1, -0.05) is 18.2 Å². The van der Waals surface area contributed by atoms with E-state index in [-0.39, 0.29) is 5.91 Å². The number of benzene rings is 1. The predicted molar refractivity (Wildman–Crippen MR) is 72.0 cm³/mol. The van der Waals surface area contributed by atoms with Crippen molar-refractivity contribution in [3.63, 3.8) is 0 Å². The van der Waals surface area contributed by atoms with Crippen molar-refractivity contribution < 1.29 is 14.3 Å². The minimum absolute atomic E-state index is 0.114. The van der Waals surface area contributed by atoms with Crippen LogP contribution in [0.5, 0.6) is 0 Å². The van der Waals surface area contributed by atoms with E-state index in [0.29, 0.717) is 6.54 Å². The first-order valence-electron chi connectivity index (χ1n) is 6.23. The summed E-state index contributed by atoms with van der Waals surface area (Å²) in [7, 11) is 0. The molecule has 1 aliphatic rings. The molecular weight excluding hydrogens is 244 g/mol. The van der Waals surface area contributed by atoms with Gasteiger partial charge in [0.15, 0.2) is 0 Å². The van der Waals surface area contributed by atoms with Crippen LogP contribution in [0.15, 0.2) is 30.3 Å². The third-order valence-corrected chi connectivity index (χ3v) is 2.69. The summed E-state index contributed by atoms with van der Waals surface area (Å²) in [5.41, 5.74) is 0.283. The van der Waals surface area contributed by atoms with Gasteiger partial charge in [-0.2, -0.15) is 0 Å². The second-order valence-electron chi connectivity index (χ2n) is 5.48. The van der Waals surface area contributed by atoms with Gasteiger partial charge in [0, 0.05) is 5.69 Å².